The monoisotopic (exact) mass is 417 g/mol. The lowest BCUT2D eigenvalue weighted by atomic mass is 9.75. The maximum absolute atomic E-state index is 13.2. The Morgan fingerprint density at radius 2 is 1.58 bits per heavy atom. The van der Waals surface area contributed by atoms with Crippen molar-refractivity contribution in [3.8, 4) is 11.1 Å². The maximum Gasteiger partial charge on any atom is 0.410 e. The molecule has 2 aromatic rings. The molecule has 2 saturated heterocycles. The summed E-state index contributed by atoms with van der Waals surface area (Å²) < 4.78 is 5.95. The van der Waals surface area contributed by atoms with E-state index in [1.807, 2.05) is 24.8 Å². The van der Waals surface area contributed by atoms with Gasteiger partial charge in [0, 0.05) is 30.8 Å². The second-order valence-electron chi connectivity index (χ2n) is 9.68. The number of piperidine rings is 2. The van der Waals surface area contributed by atoms with Gasteiger partial charge < -0.3 is 14.7 Å². The Kier molecular flexibility index (Phi) is 5.13. The SMILES string of the molecule is CC(C)=CC1(O)CC2CCCC(C1)N2C(=O)OCC1c2ccccc2-c2ccccc21. The van der Waals surface area contributed by atoms with Crippen LogP contribution in [-0.2, 0) is 4.74 Å². The molecule has 2 aromatic carbocycles. The van der Waals surface area contributed by atoms with Crippen LogP contribution < -0.4 is 0 Å². The van der Waals surface area contributed by atoms with Gasteiger partial charge in [-0.2, -0.15) is 0 Å². The molecule has 2 heterocycles. The Bertz CT molecular complexity index is 963. The zero-order chi connectivity index (χ0) is 21.6. The standard InChI is InChI=1S/C27H31NO3/c1-18(2)14-27(30)15-19-8-7-9-20(16-27)28(19)26(29)31-17-25-23-12-5-3-10-21(23)22-11-4-6-13-24(22)25/h3-6,10-14,19-20,25,30H,7-9,15-17H2,1-2H3. The Hall–Kier alpha value is -2.59. The molecule has 31 heavy (non-hydrogen) atoms. The van der Waals surface area contributed by atoms with E-state index in [2.05, 4.69) is 48.5 Å². The van der Waals surface area contributed by atoms with Crippen LogP contribution in [-0.4, -0.2) is 40.4 Å². The molecule has 3 aliphatic rings. The fourth-order valence-electron chi connectivity index (χ4n) is 6.09. The van der Waals surface area contributed by atoms with Crippen LogP contribution in [0.5, 0.6) is 0 Å². The van der Waals surface area contributed by atoms with Crippen LogP contribution in [0, 0.1) is 0 Å². The lowest BCUT2D eigenvalue weighted by molar-refractivity contribution is -0.0594. The average molecular weight is 418 g/mol. The molecule has 5 rings (SSSR count). The minimum Gasteiger partial charge on any atom is -0.448 e. The largest absolute Gasteiger partial charge is 0.448 e. The summed E-state index contributed by atoms with van der Waals surface area (Å²) in [4.78, 5) is 15.2. The molecule has 2 fully saturated rings. The highest BCUT2D eigenvalue weighted by Gasteiger charge is 2.47. The third-order valence-corrected chi connectivity index (χ3v) is 7.14. The van der Waals surface area contributed by atoms with E-state index >= 15 is 0 Å². The van der Waals surface area contributed by atoms with Crippen molar-refractivity contribution in [1.82, 2.24) is 4.90 Å². The van der Waals surface area contributed by atoms with Crippen LogP contribution in [0.15, 0.2) is 60.2 Å². The van der Waals surface area contributed by atoms with Crippen molar-refractivity contribution >= 4 is 6.09 Å². The molecule has 1 amide bonds. The van der Waals surface area contributed by atoms with E-state index in [4.69, 9.17) is 4.74 Å². The number of fused-ring (bicyclic) bond motifs is 5. The van der Waals surface area contributed by atoms with Gasteiger partial charge in [-0.1, -0.05) is 60.2 Å². The van der Waals surface area contributed by atoms with Crippen molar-refractivity contribution in [3.63, 3.8) is 0 Å². The third kappa shape index (κ3) is 3.67. The molecule has 162 valence electrons. The summed E-state index contributed by atoms with van der Waals surface area (Å²) in [5.74, 6) is 0.0728. The first kappa shape index (κ1) is 20.3. The fourth-order valence-corrected chi connectivity index (χ4v) is 6.09. The molecule has 4 nitrogen and oxygen atoms in total. The molecular weight excluding hydrogens is 386 g/mol. The van der Waals surface area contributed by atoms with E-state index in [1.165, 1.54) is 22.3 Å². The number of amides is 1. The lowest BCUT2D eigenvalue weighted by Gasteiger charge is -2.50. The second kappa shape index (κ2) is 7.83. The van der Waals surface area contributed by atoms with E-state index in [1.54, 1.807) is 0 Å². The molecule has 2 aliphatic heterocycles. The van der Waals surface area contributed by atoms with E-state index < -0.39 is 5.60 Å². The number of benzene rings is 2. The molecule has 0 spiro atoms. The van der Waals surface area contributed by atoms with Crippen LogP contribution in [0.4, 0.5) is 4.79 Å². The lowest BCUT2D eigenvalue weighted by Crippen LogP contribution is -2.59. The number of hydrogen-bond acceptors (Lipinski definition) is 3. The van der Waals surface area contributed by atoms with Crippen LogP contribution in [0.2, 0.25) is 0 Å². The van der Waals surface area contributed by atoms with Gasteiger partial charge in [-0.15, -0.1) is 0 Å². The summed E-state index contributed by atoms with van der Waals surface area (Å²) in [5, 5.41) is 11.1. The van der Waals surface area contributed by atoms with Crippen LogP contribution >= 0.6 is 0 Å². The fraction of sp³-hybridized carbons (Fsp3) is 0.444. The van der Waals surface area contributed by atoms with Crippen molar-refractivity contribution in [2.45, 2.75) is 69.6 Å². The number of nitrogens with zero attached hydrogens (tertiary/aromatic N) is 1. The minimum absolute atomic E-state index is 0.0451. The Morgan fingerprint density at radius 1 is 1.03 bits per heavy atom. The van der Waals surface area contributed by atoms with Gasteiger partial charge in [0.25, 0.3) is 0 Å². The summed E-state index contributed by atoms with van der Waals surface area (Å²) in [6, 6.07) is 16.9. The first-order valence-corrected chi connectivity index (χ1v) is 11.5. The number of carbonyl (C=O) groups excluding carboxylic acids is 1. The van der Waals surface area contributed by atoms with Gasteiger partial charge in [0.1, 0.15) is 6.61 Å². The highest BCUT2D eigenvalue weighted by Crippen LogP contribution is 2.45. The number of ether oxygens (including phenoxy) is 1. The number of rotatable bonds is 3. The first-order chi connectivity index (χ1) is 15.0. The van der Waals surface area contributed by atoms with Crippen LogP contribution in [0.1, 0.15) is 63.0 Å². The third-order valence-electron chi connectivity index (χ3n) is 7.14. The zero-order valence-electron chi connectivity index (χ0n) is 18.4. The highest BCUT2D eigenvalue weighted by molar-refractivity contribution is 5.79. The van der Waals surface area contributed by atoms with Crippen molar-refractivity contribution < 1.29 is 14.6 Å². The Morgan fingerprint density at radius 3 is 2.13 bits per heavy atom. The van der Waals surface area contributed by atoms with Crippen molar-refractivity contribution in [2.75, 3.05) is 6.61 Å². The van der Waals surface area contributed by atoms with Gasteiger partial charge in [0.15, 0.2) is 0 Å². The number of carbonyl (C=O) groups is 1. The highest BCUT2D eigenvalue weighted by atomic mass is 16.6. The van der Waals surface area contributed by atoms with Crippen molar-refractivity contribution in [1.29, 1.82) is 0 Å². The van der Waals surface area contributed by atoms with Gasteiger partial charge in [0.05, 0.1) is 5.60 Å². The predicted molar refractivity (Wildman–Crippen MR) is 122 cm³/mol. The molecular formula is C27H31NO3. The molecule has 2 bridgehead atoms. The van der Waals surface area contributed by atoms with Gasteiger partial charge in [-0.05, 0) is 55.4 Å². The summed E-state index contributed by atoms with van der Waals surface area (Å²) in [6.45, 7) is 4.39. The van der Waals surface area contributed by atoms with Gasteiger partial charge in [0.2, 0.25) is 0 Å². The Balaban J connectivity index is 1.33. The zero-order valence-corrected chi connectivity index (χ0v) is 18.4. The quantitative estimate of drug-likeness (QED) is 0.657. The van der Waals surface area contributed by atoms with Gasteiger partial charge >= 0.3 is 6.09 Å². The maximum atomic E-state index is 13.2. The molecule has 2 unspecified atom stereocenters. The number of hydrogen-bond donors (Lipinski definition) is 1. The average Bonchev–Trinajstić information content (AvgIpc) is 3.04. The van der Waals surface area contributed by atoms with E-state index in [0.717, 1.165) is 24.8 Å². The predicted octanol–water partition coefficient (Wildman–Crippen LogP) is 5.65. The number of allylic oxidation sites excluding steroid dienone is 1. The molecule has 1 N–H and O–H groups in total. The Labute approximate surface area is 184 Å². The summed E-state index contributed by atoms with van der Waals surface area (Å²) in [5.41, 5.74) is 5.24. The molecule has 0 saturated carbocycles. The van der Waals surface area contributed by atoms with Crippen molar-refractivity contribution in [2.24, 2.45) is 0 Å². The van der Waals surface area contributed by atoms with Gasteiger partial charge in [-0.25, -0.2) is 4.79 Å². The minimum atomic E-state index is -0.811. The molecule has 4 heteroatoms. The smallest absolute Gasteiger partial charge is 0.410 e. The first-order valence-electron chi connectivity index (χ1n) is 11.5. The van der Waals surface area contributed by atoms with E-state index in [9.17, 15) is 9.90 Å². The summed E-state index contributed by atoms with van der Waals surface area (Å²) in [7, 11) is 0. The van der Waals surface area contributed by atoms with Crippen molar-refractivity contribution in [3.05, 3.63) is 71.3 Å². The van der Waals surface area contributed by atoms with Crippen LogP contribution in [0.25, 0.3) is 11.1 Å². The molecule has 1 aliphatic carbocycles. The second-order valence-corrected chi connectivity index (χ2v) is 9.68. The normalized spacial score (nSPS) is 26.7. The molecule has 2 atom stereocenters. The topological polar surface area (TPSA) is 49.8 Å². The summed E-state index contributed by atoms with van der Waals surface area (Å²) >= 11 is 0. The number of aliphatic hydroxyl groups is 1. The molecule has 0 aromatic heterocycles. The van der Waals surface area contributed by atoms with E-state index in [-0.39, 0.29) is 24.1 Å². The van der Waals surface area contributed by atoms with E-state index in [0.29, 0.717) is 19.4 Å². The molecule has 0 radical (unpaired) electrons. The van der Waals surface area contributed by atoms with Crippen LogP contribution in [0.3, 0.4) is 0 Å². The van der Waals surface area contributed by atoms with Gasteiger partial charge in [-0.3, -0.25) is 0 Å². The summed E-state index contributed by atoms with van der Waals surface area (Å²) in [6.07, 6.45) is 5.91.